The molecule has 0 unspecified atom stereocenters. The molecule has 8 nitrogen and oxygen atoms in total. The number of hydrogen-bond acceptors (Lipinski definition) is 6. The van der Waals surface area contributed by atoms with Gasteiger partial charge in [0.2, 0.25) is 0 Å². The van der Waals surface area contributed by atoms with E-state index >= 15 is 0 Å². The minimum atomic E-state index is -4.59. The summed E-state index contributed by atoms with van der Waals surface area (Å²) in [6.07, 6.45) is 0. The predicted molar refractivity (Wildman–Crippen MR) is 76.8 cm³/mol. The SMILES string of the molecule is Nc1cc(S(=O)(=O)O)cc2cc(S(=O)(=O)O)cc(O)c12.[NaH]. The molecule has 0 saturated carbocycles. The van der Waals surface area contributed by atoms with E-state index in [9.17, 15) is 21.9 Å². The van der Waals surface area contributed by atoms with Crippen molar-refractivity contribution in [3.63, 3.8) is 0 Å². The van der Waals surface area contributed by atoms with Gasteiger partial charge in [0.25, 0.3) is 20.2 Å². The first-order valence-electron chi connectivity index (χ1n) is 5.01. The normalized spacial score (nSPS) is 12.1. The fraction of sp³-hybridized carbons (Fsp3) is 0. The van der Waals surface area contributed by atoms with Crippen LogP contribution in [0.1, 0.15) is 0 Å². The Labute approximate surface area is 142 Å². The Morgan fingerprint density at radius 1 is 0.857 bits per heavy atom. The molecule has 0 heterocycles. The van der Waals surface area contributed by atoms with Crippen LogP contribution in [0.2, 0.25) is 0 Å². The van der Waals surface area contributed by atoms with E-state index in [0.29, 0.717) is 0 Å². The molecule has 11 heteroatoms. The van der Waals surface area contributed by atoms with Crippen LogP contribution in [0, 0.1) is 0 Å². The molecule has 0 aliphatic heterocycles. The Hall–Kier alpha value is -0.880. The summed E-state index contributed by atoms with van der Waals surface area (Å²) in [6, 6.07) is 3.55. The van der Waals surface area contributed by atoms with Gasteiger partial charge in [-0.25, -0.2) is 0 Å². The van der Waals surface area contributed by atoms with E-state index in [2.05, 4.69) is 0 Å². The van der Waals surface area contributed by atoms with E-state index in [4.69, 9.17) is 14.8 Å². The zero-order valence-corrected chi connectivity index (χ0v) is 11.3. The molecule has 2 rings (SSSR count). The molecule has 0 bridgehead atoms. The van der Waals surface area contributed by atoms with Crippen LogP contribution in [-0.2, 0) is 20.2 Å². The molecule has 2 aromatic carbocycles. The molecule has 110 valence electrons. The van der Waals surface area contributed by atoms with Gasteiger partial charge in [0.05, 0.1) is 9.79 Å². The Bertz CT molecular complexity index is 849. The van der Waals surface area contributed by atoms with Crippen LogP contribution in [0.25, 0.3) is 10.8 Å². The quantitative estimate of drug-likeness (QED) is 0.337. The molecule has 0 aromatic heterocycles. The Morgan fingerprint density at radius 3 is 1.71 bits per heavy atom. The summed E-state index contributed by atoms with van der Waals surface area (Å²) in [5.74, 6) is -0.547. The first-order valence-corrected chi connectivity index (χ1v) is 7.89. The third-order valence-electron chi connectivity index (χ3n) is 2.60. The fourth-order valence-electron chi connectivity index (χ4n) is 1.77. The molecule has 21 heavy (non-hydrogen) atoms. The van der Waals surface area contributed by atoms with Gasteiger partial charge in [0, 0.05) is 17.1 Å². The summed E-state index contributed by atoms with van der Waals surface area (Å²) in [4.78, 5) is -1.19. The summed E-state index contributed by atoms with van der Waals surface area (Å²) in [7, 11) is -9.14. The van der Waals surface area contributed by atoms with Crippen LogP contribution in [-0.4, -0.2) is 60.6 Å². The van der Waals surface area contributed by atoms with Gasteiger partial charge in [-0.2, -0.15) is 16.8 Å². The van der Waals surface area contributed by atoms with Crippen molar-refractivity contribution < 1.29 is 31.0 Å². The summed E-state index contributed by atoms with van der Waals surface area (Å²) >= 11 is 0. The first-order chi connectivity index (χ1) is 9.00. The van der Waals surface area contributed by atoms with Crippen LogP contribution in [0.5, 0.6) is 5.75 Å². The Balaban J connectivity index is 0.00000220. The van der Waals surface area contributed by atoms with Gasteiger partial charge < -0.3 is 10.8 Å². The number of fused-ring (bicyclic) bond motifs is 1. The molecule has 0 saturated heterocycles. The summed E-state index contributed by atoms with van der Waals surface area (Å²) in [5, 5.41) is 9.66. The summed E-state index contributed by atoms with van der Waals surface area (Å²) in [6.45, 7) is 0. The van der Waals surface area contributed by atoms with Crippen molar-refractivity contribution in [3.8, 4) is 5.75 Å². The number of aromatic hydroxyl groups is 1. The van der Waals surface area contributed by atoms with Gasteiger partial charge in [-0.15, -0.1) is 0 Å². The standard InChI is InChI=1S/C10H9NO7S2.Na.H/c11-8-3-6(19(13,14)15)1-5-2-7(20(16,17)18)4-9(12)10(5)8;;/h1-4,12H,11H2,(H,13,14,15)(H,16,17,18);;. The van der Waals surface area contributed by atoms with Gasteiger partial charge in [-0.05, 0) is 23.6 Å². The van der Waals surface area contributed by atoms with Crippen molar-refractivity contribution in [3.05, 3.63) is 24.3 Å². The van der Waals surface area contributed by atoms with Crippen LogP contribution in [0.4, 0.5) is 5.69 Å². The summed E-state index contributed by atoms with van der Waals surface area (Å²) < 4.78 is 62.1. The number of phenols is 1. The van der Waals surface area contributed by atoms with Crippen molar-refractivity contribution in [2.75, 3.05) is 5.73 Å². The van der Waals surface area contributed by atoms with E-state index in [1.54, 1.807) is 0 Å². The average Bonchev–Trinajstić information content (AvgIpc) is 2.25. The molecule has 0 aliphatic carbocycles. The number of phenolic OH excluding ortho intramolecular Hbond substituents is 1. The predicted octanol–water partition coefficient (Wildman–Crippen LogP) is -0.0275. The molecule has 0 amide bonds. The van der Waals surface area contributed by atoms with Crippen molar-refractivity contribution in [2.24, 2.45) is 0 Å². The van der Waals surface area contributed by atoms with Crippen molar-refractivity contribution >= 4 is 66.3 Å². The maximum atomic E-state index is 11.1. The van der Waals surface area contributed by atoms with Crippen LogP contribution >= 0.6 is 0 Å². The molecular formula is C10H10NNaO7S2. The van der Waals surface area contributed by atoms with Crippen molar-refractivity contribution in [1.29, 1.82) is 0 Å². The molecule has 0 radical (unpaired) electrons. The molecular weight excluding hydrogens is 333 g/mol. The molecule has 0 fully saturated rings. The van der Waals surface area contributed by atoms with Crippen LogP contribution in [0.15, 0.2) is 34.1 Å². The first kappa shape index (κ1) is 18.2. The third kappa shape index (κ3) is 3.66. The van der Waals surface area contributed by atoms with Gasteiger partial charge in [0.1, 0.15) is 5.75 Å². The van der Waals surface area contributed by atoms with Gasteiger partial charge in [-0.1, -0.05) is 0 Å². The zero-order valence-electron chi connectivity index (χ0n) is 9.68. The Kier molecular flexibility index (Phi) is 4.95. The second-order valence-electron chi connectivity index (χ2n) is 4.00. The van der Waals surface area contributed by atoms with Gasteiger partial charge in [0.15, 0.2) is 0 Å². The monoisotopic (exact) mass is 343 g/mol. The number of nitrogen functional groups attached to an aromatic ring is 1. The number of anilines is 1. The molecule has 0 atom stereocenters. The Morgan fingerprint density at radius 2 is 1.29 bits per heavy atom. The van der Waals surface area contributed by atoms with Gasteiger partial charge in [-0.3, -0.25) is 9.11 Å². The van der Waals surface area contributed by atoms with E-state index < -0.39 is 35.8 Å². The van der Waals surface area contributed by atoms with Crippen molar-refractivity contribution in [2.45, 2.75) is 9.79 Å². The van der Waals surface area contributed by atoms with Crippen LogP contribution < -0.4 is 5.73 Å². The number of rotatable bonds is 2. The van der Waals surface area contributed by atoms with E-state index in [1.807, 2.05) is 0 Å². The van der Waals surface area contributed by atoms with E-state index in [1.165, 1.54) is 0 Å². The molecule has 2 aromatic rings. The maximum absolute atomic E-state index is 11.1. The minimum absolute atomic E-state index is 0. The third-order valence-corrected chi connectivity index (χ3v) is 4.26. The fourth-order valence-corrected chi connectivity index (χ4v) is 2.86. The summed E-state index contributed by atoms with van der Waals surface area (Å²) in [5.41, 5.74) is 5.39. The topological polar surface area (TPSA) is 155 Å². The van der Waals surface area contributed by atoms with Crippen LogP contribution in [0.3, 0.4) is 0 Å². The van der Waals surface area contributed by atoms with Crippen molar-refractivity contribution in [1.82, 2.24) is 0 Å². The molecule has 0 spiro atoms. The average molecular weight is 343 g/mol. The zero-order chi connectivity index (χ0) is 15.3. The van der Waals surface area contributed by atoms with Gasteiger partial charge >= 0.3 is 29.6 Å². The molecule has 5 N–H and O–H groups in total. The second kappa shape index (κ2) is 5.72. The molecule has 0 aliphatic rings. The van der Waals surface area contributed by atoms with E-state index in [-0.39, 0.29) is 46.0 Å². The van der Waals surface area contributed by atoms with E-state index in [0.717, 1.165) is 24.3 Å². The number of hydrogen-bond donors (Lipinski definition) is 4. The number of nitrogens with two attached hydrogens (primary N) is 1. The number of benzene rings is 2. The second-order valence-corrected chi connectivity index (χ2v) is 6.85.